The molecule has 1 aromatic heterocycles. The molecular weight excluding hydrogens is 376 g/mol. The molecule has 0 aliphatic carbocycles. The van der Waals surface area contributed by atoms with E-state index in [-0.39, 0.29) is 22.4 Å². The Morgan fingerprint density at radius 1 is 1.12 bits per heavy atom. The molecule has 1 aromatic carbocycles. The highest BCUT2D eigenvalue weighted by molar-refractivity contribution is 7.91. The molecule has 0 unspecified atom stereocenters. The number of hydrogen-bond donors (Lipinski definition) is 0. The number of aromatic nitrogens is 1. The Morgan fingerprint density at radius 2 is 1.85 bits per heavy atom. The van der Waals surface area contributed by atoms with Crippen molar-refractivity contribution in [2.24, 2.45) is 0 Å². The van der Waals surface area contributed by atoms with Crippen LogP contribution in [-0.2, 0) is 19.9 Å². The number of benzene rings is 1. The van der Waals surface area contributed by atoms with E-state index in [9.17, 15) is 16.8 Å². The molecule has 26 heavy (non-hydrogen) atoms. The first-order valence-corrected chi connectivity index (χ1v) is 11.4. The minimum Gasteiger partial charge on any atom is -0.487 e. The van der Waals surface area contributed by atoms with E-state index in [1.807, 2.05) is 6.92 Å². The number of sulfone groups is 1. The van der Waals surface area contributed by atoms with Crippen LogP contribution < -0.4 is 4.74 Å². The van der Waals surface area contributed by atoms with Crippen molar-refractivity contribution in [3.8, 4) is 5.75 Å². The van der Waals surface area contributed by atoms with Gasteiger partial charge in [0.1, 0.15) is 11.9 Å². The average Bonchev–Trinajstić information content (AvgIpc) is 3.06. The standard InChI is InChI=1S/C17H20N2O5S2/c1-13-17(7-4-9-18-13)24-14-8-10-19(12-14)26(22,23)16-6-3-5-15(11-16)25(2,20)21/h3-7,9,11,14H,8,10,12H2,1-2H3/t14-/m0/s1. The molecule has 7 nitrogen and oxygen atoms in total. The summed E-state index contributed by atoms with van der Waals surface area (Å²) in [5.41, 5.74) is 0.745. The third-order valence-electron chi connectivity index (χ3n) is 4.23. The molecule has 140 valence electrons. The summed E-state index contributed by atoms with van der Waals surface area (Å²) in [7, 11) is -7.26. The van der Waals surface area contributed by atoms with Crippen molar-refractivity contribution < 1.29 is 21.6 Å². The summed E-state index contributed by atoms with van der Waals surface area (Å²) in [5, 5.41) is 0. The summed E-state index contributed by atoms with van der Waals surface area (Å²) in [4.78, 5) is 4.11. The first-order valence-electron chi connectivity index (χ1n) is 8.06. The molecular formula is C17H20N2O5S2. The first-order chi connectivity index (χ1) is 12.2. The third kappa shape index (κ3) is 3.89. The van der Waals surface area contributed by atoms with E-state index < -0.39 is 19.9 Å². The lowest BCUT2D eigenvalue weighted by atomic mass is 10.3. The lowest BCUT2D eigenvalue weighted by Crippen LogP contribution is -2.31. The highest BCUT2D eigenvalue weighted by atomic mass is 32.2. The second-order valence-electron chi connectivity index (χ2n) is 6.23. The van der Waals surface area contributed by atoms with Crippen LogP contribution in [0.3, 0.4) is 0 Å². The van der Waals surface area contributed by atoms with Gasteiger partial charge in [-0.3, -0.25) is 4.98 Å². The number of hydrogen-bond acceptors (Lipinski definition) is 6. The summed E-state index contributed by atoms with van der Waals surface area (Å²) >= 11 is 0. The molecule has 1 fully saturated rings. The number of nitrogens with zero attached hydrogens (tertiary/aromatic N) is 2. The molecule has 1 saturated heterocycles. The lowest BCUT2D eigenvalue weighted by molar-refractivity contribution is 0.213. The Balaban J connectivity index is 1.78. The SMILES string of the molecule is Cc1ncccc1O[C@H]1CCN(S(=O)(=O)c2cccc(S(C)(=O)=O)c2)C1. The summed E-state index contributed by atoms with van der Waals surface area (Å²) in [6, 6.07) is 8.99. The van der Waals surface area contributed by atoms with E-state index >= 15 is 0 Å². The fourth-order valence-corrected chi connectivity index (χ4v) is 5.07. The summed E-state index contributed by atoms with van der Waals surface area (Å²) in [5.74, 6) is 0.635. The zero-order valence-corrected chi connectivity index (χ0v) is 16.1. The first kappa shape index (κ1) is 18.8. The van der Waals surface area contributed by atoms with Crippen LogP contribution in [0.5, 0.6) is 5.75 Å². The van der Waals surface area contributed by atoms with Gasteiger partial charge in [0.25, 0.3) is 0 Å². The Labute approximate surface area is 153 Å². The normalized spacial score (nSPS) is 18.8. The Bertz CT molecular complexity index is 1020. The van der Waals surface area contributed by atoms with E-state index in [1.165, 1.54) is 28.6 Å². The highest BCUT2D eigenvalue weighted by Gasteiger charge is 2.34. The van der Waals surface area contributed by atoms with Crippen molar-refractivity contribution in [1.29, 1.82) is 0 Å². The van der Waals surface area contributed by atoms with Gasteiger partial charge in [0.2, 0.25) is 10.0 Å². The zero-order valence-electron chi connectivity index (χ0n) is 14.5. The smallest absolute Gasteiger partial charge is 0.243 e. The van der Waals surface area contributed by atoms with E-state index in [0.29, 0.717) is 18.7 Å². The van der Waals surface area contributed by atoms with Gasteiger partial charge in [-0.25, -0.2) is 16.8 Å². The van der Waals surface area contributed by atoms with Gasteiger partial charge >= 0.3 is 0 Å². The number of sulfonamides is 1. The maximum Gasteiger partial charge on any atom is 0.243 e. The van der Waals surface area contributed by atoms with Crippen molar-refractivity contribution in [2.75, 3.05) is 19.3 Å². The van der Waals surface area contributed by atoms with Crippen molar-refractivity contribution in [2.45, 2.75) is 29.2 Å². The van der Waals surface area contributed by atoms with E-state index in [0.717, 1.165) is 11.9 Å². The summed E-state index contributed by atoms with van der Waals surface area (Å²) < 4.78 is 56.3. The molecule has 2 aromatic rings. The maximum absolute atomic E-state index is 12.8. The number of aryl methyl sites for hydroxylation is 1. The van der Waals surface area contributed by atoms with Gasteiger partial charge in [-0.05, 0) is 43.7 Å². The topological polar surface area (TPSA) is 93.6 Å². The monoisotopic (exact) mass is 396 g/mol. The summed E-state index contributed by atoms with van der Waals surface area (Å²) in [6.07, 6.45) is 3.00. The third-order valence-corrected chi connectivity index (χ3v) is 7.20. The minimum atomic E-state index is -3.78. The van der Waals surface area contributed by atoms with E-state index in [1.54, 1.807) is 18.3 Å². The highest BCUT2D eigenvalue weighted by Crippen LogP contribution is 2.26. The van der Waals surface area contributed by atoms with Gasteiger partial charge in [-0.2, -0.15) is 4.31 Å². The molecule has 2 heterocycles. The second-order valence-corrected chi connectivity index (χ2v) is 10.2. The number of ether oxygens (including phenoxy) is 1. The van der Waals surface area contributed by atoms with Crippen molar-refractivity contribution in [3.63, 3.8) is 0 Å². The molecule has 0 spiro atoms. The average molecular weight is 396 g/mol. The van der Waals surface area contributed by atoms with Crippen LogP contribution in [0.4, 0.5) is 0 Å². The van der Waals surface area contributed by atoms with Gasteiger partial charge in [0.05, 0.1) is 22.0 Å². The van der Waals surface area contributed by atoms with E-state index in [2.05, 4.69) is 4.98 Å². The van der Waals surface area contributed by atoms with Crippen LogP contribution in [0.15, 0.2) is 52.4 Å². The molecule has 0 amide bonds. The molecule has 3 rings (SSSR count). The van der Waals surface area contributed by atoms with E-state index in [4.69, 9.17) is 4.74 Å². The predicted molar refractivity (Wildman–Crippen MR) is 96.3 cm³/mol. The van der Waals surface area contributed by atoms with Crippen LogP contribution in [-0.4, -0.2) is 51.6 Å². The lowest BCUT2D eigenvalue weighted by Gasteiger charge is -2.18. The maximum atomic E-state index is 12.8. The summed E-state index contributed by atoms with van der Waals surface area (Å²) in [6.45, 7) is 2.35. The van der Waals surface area contributed by atoms with Crippen LogP contribution in [0.25, 0.3) is 0 Å². The van der Waals surface area contributed by atoms with Gasteiger partial charge in [0.15, 0.2) is 9.84 Å². The van der Waals surface area contributed by atoms with Crippen molar-refractivity contribution >= 4 is 19.9 Å². The Morgan fingerprint density at radius 3 is 2.54 bits per heavy atom. The molecule has 1 aliphatic heterocycles. The largest absolute Gasteiger partial charge is 0.487 e. The predicted octanol–water partition coefficient (Wildman–Crippen LogP) is 1.64. The fourth-order valence-electron chi connectivity index (χ4n) is 2.80. The zero-order chi connectivity index (χ0) is 18.9. The van der Waals surface area contributed by atoms with Gasteiger partial charge < -0.3 is 4.74 Å². The van der Waals surface area contributed by atoms with Crippen molar-refractivity contribution in [1.82, 2.24) is 9.29 Å². The van der Waals surface area contributed by atoms with Crippen LogP contribution in [0.1, 0.15) is 12.1 Å². The minimum absolute atomic E-state index is 0.0171. The fraction of sp³-hybridized carbons (Fsp3) is 0.353. The molecule has 0 N–H and O–H groups in total. The second kappa shape index (κ2) is 6.98. The molecule has 1 aliphatic rings. The number of pyridine rings is 1. The van der Waals surface area contributed by atoms with Gasteiger partial charge in [0, 0.05) is 19.0 Å². The molecule has 9 heteroatoms. The van der Waals surface area contributed by atoms with Crippen molar-refractivity contribution in [3.05, 3.63) is 48.3 Å². The van der Waals surface area contributed by atoms with Gasteiger partial charge in [-0.1, -0.05) is 6.07 Å². The molecule has 0 bridgehead atoms. The van der Waals surface area contributed by atoms with Gasteiger partial charge in [-0.15, -0.1) is 0 Å². The van der Waals surface area contributed by atoms with Crippen LogP contribution in [0.2, 0.25) is 0 Å². The Hall–Kier alpha value is -1.97. The molecule has 1 atom stereocenters. The van der Waals surface area contributed by atoms with Crippen LogP contribution >= 0.6 is 0 Å². The molecule has 0 radical (unpaired) electrons. The number of rotatable bonds is 5. The Kier molecular flexibility index (Phi) is 5.05. The van der Waals surface area contributed by atoms with Crippen LogP contribution in [0, 0.1) is 6.92 Å². The molecule has 0 saturated carbocycles. The quantitative estimate of drug-likeness (QED) is 0.763.